The molecule has 0 radical (unpaired) electrons. The van der Waals surface area contributed by atoms with E-state index in [9.17, 15) is 31.1 Å². The Kier molecular flexibility index (Phi) is 6.40. The molecule has 3 rings (SSSR count). The summed E-state index contributed by atoms with van der Waals surface area (Å²) < 4.78 is 83.6. The standard InChI is InChI=1S/C15H8F6N2O.C3H6O2/c16-14(17,18)10-1-3-11(4-2-10)23-13-6-5-12(24-15(19,20)21)7-9(13)8-22-23;1-3(4)5-2/h1-8H;1-2H3. The van der Waals surface area contributed by atoms with Crippen molar-refractivity contribution < 1.29 is 40.6 Å². The van der Waals surface area contributed by atoms with Crippen molar-refractivity contribution in [1.29, 1.82) is 0 Å². The van der Waals surface area contributed by atoms with Crippen LogP contribution in [-0.2, 0) is 15.7 Å². The molecule has 0 saturated carbocycles. The van der Waals surface area contributed by atoms with E-state index >= 15 is 0 Å². The van der Waals surface area contributed by atoms with Crippen molar-refractivity contribution in [2.45, 2.75) is 19.5 Å². The highest BCUT2D eigenvalue weighted by molar-refractivity contribution is 5.81. The van der Waals surface area contributed by atoms with E-state index in [-0.39, 0.29) is 5.97 Å². The lowest BCUT2D eigenvalue weighted by Gasteiger charge is -2.10. The summed E-state index contributed by atoms with van der Waals surface area (Å²) in [5, 5.41) is 4.35. The van der Waals surface area contributed by atoms with Crippen molar-refractivity contribution in [3.05, 3.63) is 54.2 Å². The number of hydrogen-bond acceptors (Lipinski definition) is 4. The number of rotatable bonds is 2. The SMILES string of the molecule is COC(C)=O.FC(F)(F)Oc1ccc2c(cnn2-c2ccc(C(F)(F)F)cc2)c1. The first kappa shape index (κ1) is 22.1. The number of aromatic nitrogens is 2. The molecule has 0 aliphatic carbocycles. The summed E-state index contributed by atoms with van der Waals surface area (Å²) in [5.74, 6) is -0.646. The Morgan fingerprint density at radius 1 is 1.00 bits per heavy atom. The zero-order valence-electron chi connectivity index (χ0n) is 15.0. The lowest BCUT2D eigenvalue weighted by atomic mass is 10.2. The van der Waals surface area contributed by atoms with Crippen molar-refractivity contribution in [1.82, 2.24) is 9.78 Å². The Balaban J connectivity index is 0.000000537. The summed E-state index contributed by atoms with van der Waals surface area (Å²) in [5.41, 5.74) is -0.0182. The van der Waals surface area contributed by atoms with Crippen LogP contribution in [0.1, 0.15) is 12.5 Å². The summed E-state index contributed by atoms with van der Waals surface area (Å²) in [6.07, 6.45) is -7.96. The fourth-order valence-corrected chi connectivity index (χ4v) is 2.21. The maximum absolute atomic E-state index is 12.6. The van der Waals surface area contributed by atoms with Crippen LogP contribution in [0.15, 0.2) is 48.7 Å². The Morgan fingerprint density at radius 3 is 2.07 bits per heavy atom. The molecule has 0 amide bonds. The van der Waals surface area contributed by atoms with Gasteiger partial charge in [-0.25, -0.2) is 4.68 Å². The molecule has 11 heteroatoms. The summed E-state index contributed by atoms with van der Waals surface area (Å²) >= 11 is 0. The van der Waals surface area contributed by atoms with Crippen LogP contribution in [0, 0.1) is 0 Å². The van der Waals surface area contributed by atoms with Gasteiger partial charge in [0.2, 0.25) is 0 Å². The van der Waals surface area contributed by atoms with Gasteiger partial charge in [0.25, 0.3) is 0 Å². The average Bonchev–Trinajstić information content (AvgIpc) is 3.03. The smallest absolute Gasteiger partial charge is 0.469 e. The number of alkyl halides is 6. The number of benzene rings is 2. The van der Waals surface area contributed by atoms with Crippen LogP contribution in [0.4, 0.5) is 26.3 Å². The highest BCUT2D eigenvalue weighted by Gasteiger charge is 2.31. The number of halogens is 6. The van der Waals surface area contributed by atoms with E-state index in [0.29, 0.717) is 16.6 Å². The molecular weight excluding hydrogens is 406 g/mol. The minimum atomic E-state index is -4.81. The number of hydrogen-bond donors (Lipinski definition) is 0. The van der Waals surface area contributed by atoms with Gasteiger partial charge < -0.3 is 9.47 Å². The van der Waals surface area contributed by atoms with Gasteiger partial charge in [0, 0.05) is 12.3 Å². The molecule has 0 aliphatic rings. The van der Waals surface area contributed by atoms with Crippen molar-refractivity contribution >= 4 is 16.9 Å². The predicted octanol–water partition coefficient (Wildman–Crippen LogP) is 5.12. The Labute approximate surface area is 160 Å². The van der Waals surface area contributed by atoms with Crippen molar-refractivity contribution in [2.24, 2.45) is 0 Å². The fraction of sp³-hybridized carbons (Fsp3) is 0.222. The lowest BCUT2D eigenvalue weighted by Crippen LogP contribution is -2.16. The van der Waals surface area contributed by atoms with Crippen molar-refractivity contribution in [3.8, 4) is 11.4 Å². The zero-order chi connectivity index (χ0) is 21.8. The van der Waals surface area contributed by atoms with Gasteiger partial charge in [0.1, 0.15) is 5.75 Å². The topological polar surface area (TPSA) is 53.4 Å². The fourth-order valence-electron chi connectivity index (χ4n) is 2.21. The van der Waals surface area contributed by atoms with Crippen molar-refractivity contribution in [2.75, 3.05) is 7.11 Å². The molecule has 0 aliphatic heterocycles. The van der Waals surface area contributed by atoms with Gasteiger partial charge in [-0.15, -0.1) is 13.2 Å². The highest BCUT2D eigenvalue weighted by Crippen LogP contribution is 2.31. The first-order chi connectivity index (χ1) is 13.4. The molecule has 5 nitrogen and oxygen atoms in total. The third kappa shape index (κ3) is 6.13. The van der Waals surface area contributed by atoms with Crippen LogP contribution in [0.2, 0.25) is 0 Å². The third-order valence-corrected chi connectivity index (χ3v) is 3.50. The van der Waals surface area contributed by atoms with Crippen LogP contribution in [0.3, 0.4) is 0 Å². The van der Waals surface area contributed by atoms with Gasteiger partial charge in [0.05, 0.1) is 30.1 Å². The number of nitrogens with zero attached hydrogens (tertiary/aromatic N) is 2. The van der Waals surface area contributed by atoms with E-state index in [4.69, 9.17) is 0 Å². The minimum absolute atomic E-state index is 0.245. The normalized spacial score (nSPS) is 11.6. The molecule has 0 saturated heterocycles. The number of carbonyl (C=O) groups is 1. The molecule has 0 unspecified atom stereocenters. The molecule has 0 N–H and O–H groups in total. The van der Waals surface area contributed by atoms with Gasteiger partial charge in [-0.05, 0) is 42.5 Å². The van der Waals surface area contributed by atoms with Crippen molar-refractivity contribution in [3.63, 3.8) is 0 Å². The Morgan fingerprint density at radius 2 is 1.59 bits per heavy atom. The van der Waals surface area contributed by atoms with Gasteiger partial charge in [0.15, 0.2) is 0 Å². The summed E-state index contributed by atoms with van der Waals surface area (Å²) in [4.78, 5) is 9.59. The highest BCUT2D eigenvalue weighted by atomic mass is 19.4. The van der Waals surface area contributed by atoms with Gasteiger partial charge in [-0.3, -0.25) is 4.79 Å². The van der Waals surface area contributed by atoms with E-state index < -0.39 is 23.9 Å². The van der Waals surface area contributed by atoms with E-state index in [2.05, 4.69) is 14.6 Å². The maximum Gasteiger partial charge on any atom is 0.573 e. The number of methoxy groups -OCH3 is 1. The van der Waals surface area contributed by atoms with Gasteiger partial charge in [-0.2, -0.15) is 18.3 Å². The second-order valence-corrected chi connectivity index (χ2v) is 5.57. The number of carbonyl (C=O) groups excluding carboxylic acids is 1. The van der Waals surface area contributed by atoms with E-state index in [0.717, 1.165) is 24.3 Å². The largest absolute Gasteiger partial charge is 0.573 e. The van der Waals surface area contributed by atoms with E-state index in [1.165, 1.54) is 43.1 Å². The number of fused-ring (bicyclic) bond motifs is 1. The molecule has 1 heterocycles. The molecule has 156 valence electrons. The van der Waals surface area contributed by atoms with Crippen LogP contribution < -0.4 is 4.74 Å². The quantitative estimate of drug-likeness (QED) is 0.427. The number of ether oxygens (including phenoxy) is 2. The minimum Gasteiger partial charge on any atom is -0.469 e. The molecule has 0 atom stereocenters. The lowest BCUT2D eigenvalue weighted by molar-refractivity contribution is -0.274. The van der Waals surface area contributed by atoms with Gasteiger partial charge in [-0.1, -0.05) is 0 Å². The Hall–Kier alpha value is -3.24. The van der Waals surface area contributed by atoms with Crippen LogP contribution in [-0.4, -0.2) is 29.2 Å². The molecule has 0 spiro atoms. The summed E-state index contributed by atoms with van der Waals surface area (Å²) in [7, 11) is 1.35. The Bertz CT molecular complexity index is 978. The predicted molar refractivity (Wildman–Crippen MR) is 90.4 cm³/mol. The van der Waals surface area contributed by atoms with Crippen LogP contribution >= 0.6 is 0 Å². The summed E-state index contributed by atoms with van der Waals surface area (Å²) in [6.45, 7) is 1.36. The molecule has 2 aromatic carbocycles. The first-order valence-corrected chi connectivity index (χ1v) is 7.86. The first-order valence-electron chi connectivity index (χ1n) is 7.86. The van der Waals surface area contributed by atoms with Crippen LogP contribution in [0.5, 0.6) is 5.75 Å². The number of esters is 1. The molecule has 29 heavy (non-hydrogen) atoms. The molecule has 0 fully saturated rings. The van der Waals surface area contributed by atoms with Crippen LogP contribution in [0.25, 0.3) is 16.6 Å². The monoisotopic (exact) mass is 420 g/mol. The molecule has 3 aromatic rings. The summed E-state index contributed by atoms with van der Waals surface area (Å²) in [6, 6.07) is 7.88. The zero-order valence-corrected chi connectivity index (χ0v) is 15.0. The molecule has 1 aromatic heterocycles. The second-order valence-electron chi connectivity index (χ2n) is 5.57. The second kappa shape index (κ2) is 8.41. The van der Waals surface area contributed by atoms with E-state index in [1.807, 2.05) is 0 Å². The maximum atomic E-state index is 12.6. The molecule has 0 bridgehead atoms. The average molecular weight is 420 g/mol. The van der Waals surface area contributed by atoms with Gasteiger partial charge >= 0.3 is 18.5 Å². The molecular formula is C18H14F6N2O3. The third-order valence-electron chi connectivity index (χ3n) is 3.50. The van der Waals surface area contributed by atoms with E-state index in [1.54, 1.807) is 0 Å².